The van der Waals surface area contributed by atoms with Gasteiger partial charge in [0.1, 0.15) is 10.9 Å². The number of thiophene rings is 1. The van der Waals surface area contributed by atoms with Crippen molar-refractivity contribution in [2.24, 2.45) is 0 Å². The Balaban J connectivity index is 0.000000409. The normalized spacial score (nSPS) is 12.4. The number of rotatable bonds is 6. The second kappa shape index (κ2) is 10.6. The van der Waals surface area contributed by atoms with Crippen LogP contribution in [0.15, 0.2) is 18.3 Å². The highest BCUT2D eigenvalue weighted by molar-refractivity contribution is 7.13. The molecule has 0 atom stereocenters. The number of nitrogens with zero attached hydrogens (tertiary/aromatic N) is 2. The minimum absolute atomic E-state index is 0.864. The van der Waals surface area contributed by atoms with Gasteiger partial charge in [0.15, 0.2) is 0 Å². The summed E-state index contributed by atoms with van der Waals surface area (Å²) in [5.41, 5.74) is 3.82. The van der Waals surface area contributed by atoms with Crippen LogP contribution in [0.3, 0.4) is 0 Å². The Kier molecular flexibility index (Phi) is 8.23. The lowest BCUT2D eigenvalue weighted by Gasteiger charge is -2.15. The Morgan fingerprint density at radius 2 is 2.00 bits per heavy atom. The number of carboxylic acids is 2. The van der Waals surface area contributed by atoms with Crippen LogP contribution < -0.4 is 5.32 Å². The van der Waals surface area contributed by atoms with E-state index >= 15 is 0 Å². The molecular weight excluding hydrogens is 378 g/mol. The van der Waals surface area contributed by atoms with Crippen LogP contribution in [0.5, 0.6) is 0 Å². The van der Waals surface area contributed by atoms with Crippen molar-refractivity contribution in [1.82, 2.24) is 9.88 Å². The summed E-state index contributed by atoms with van der Waals surface area (Å²) < 4.78 is 2.23. The van der Waals surface area contributed by atoms with Crippen molar-refractivity contribution in [3.63, 3.8) is 0 Å². The monoisotopic (exact) mass is 403 g/mol. The molecular formula is C20H25N3O4S. The van der Waals surface area contributed by atoms with Crippen molar-refractivity contribution in [2.75, 3.05) is 6.54 Å². The highest BCUT2D eigenvalue weighted by Crippen LogP contribution is 2.37. The maximum Gasteiger partial charge on any atom is 0.414 e. The molecule has 0 aliphatic heterocycles. The Morgan fingerprint density at radius 1 is 1.29 bits per heavy atom. The quantitative estimate of drug-likeness (QED) is 0.503. The number of aryl methyl sites for hydroxylation is 1. The maximum absolute atomic E-state index is 9.53. The first kappa shape index (κ1) is 21.7. The summed E-state index contributed by atoms with van der Waals surface area (Å²) in [7, 11) is 0. The number of carboxylic acid groups (broad SMARTS) is 2. The number of carbonyl (C=O) groups is 2. The fourth-order valence-electron chi connectivity index (χ4n) is 3.18. The second-order valence-corrected chi connectivity index (χ2v) is 7.62. The van der Waals surface area contributed by atoms with Crippen molar-refractivity contribution in [2.45, 2.75) is 52.0 Å². The molecule has 7 nitrogen and oxygen atoms in total. The summed E-state index contributed by atoms with van der Waals surface area (Å²) >= 11 is 1.70. The molecule has 3 N–H and O–H groups in total. The van der Waals surface area contributed by atoms with Gasteiger partial charge in [-0.1, -0.05) is 13.3 Å². The smallest absolute Gasteiger partial charge is 0.414 e. The minimum atomic E-state index is -1.82. The Morgan fingerprint density at radius 3 is 2.64 bits per heavy atom. The molecule has 3 rings (SSSR count). The molecule has 28 heavy (non-hydrogen) atoms. The molecule has 0 spiro atoms. The van der Waals surface area contributed by atoms with E-state index in [0.717, 1.165) is 36.5 Å². The summed E-state index contributed by atoms with van der Waals surface area (Å²) in [5, 5.41) is 27.8. The van der Waals surface area contributed by atoms with Crippen molar-refractivity contribution in [1.29, 1.82) is 5.26 Å². The molecule has 1 aliphatic carbocycles. The van der Waals surface area contributed by atoms with Gasteiger partial charge in [0.2, 0.25) is 0 Å². The lowest BCUT2D eigenvalue weighted by molar-refractivity contribution is -0.159. The molecule has 1 aliphatic rings. The summed E-state index contributed by atoms with van der Waals surface area (Å²) in [4.78, 5) is 20.5. The van der Waals surface area contributed by atoms with E-state index in [2.05, 4.69) is 41.2 Å². The number of fused-ring (bicyclic) bond motifs is 1. The molecule has 0 bridgehead atoms. The highest BCUT2D eigenvalue weighted by Gasteiger charge is 2.22. The zero-order valence-electron chi connectivity index (χ0n) is 15.9. The van der Waals surface area contributed by atoms with E-state index in [-0.39, 0.29) is 0 Å². The third-order valence-corrected chi connectivity index (χ3v) is 5.70. The number of unbranched alkanes of at least 4 members (excludes halogenated alkanes) is 1. The van der Waals surface area contributed by atoms with Crippen LogP contribution in [0.1, 0.15) is 53.6 Å². The molecule has 0 radical (unpaired) electrons. The van der Waals surface area contributed by atoms with E-state index in [4.69, 9.17) is 19.8 Å². The van der Waals surface area contributed by atoms with Crippen LogP contribution in [-0.4, -0.2) is 33.3 Å². The number of aromatic nitrogens is 1. The average Bonchev–Trinajstić information content (AvgIpc) is 3.29. The van der Waals surface area contributed by atoms with E-state index < -0.39 is 11.9 Å². The number of hydrogen-bond donors (Lipinski definition) is 3. The van der Waals surface area contributed by atoms with Gasteiger partial charge >= 0.3 is 11.9 Å². The van der Waals surface area contributed by atoms with Crippen LogP contribution in [0, 0.1) is 11.3 Å². The van der Waals surface area contributed by atoms with Gasteiger partial charge in [-0.15, -0.1) is 11.3 Å². The first-order valence-corrected chi connectivity index (χ1v) is 10.2. The number of nitriles is 1. The number of hydrogen-bond acceptors (Lipinski definition) is 5. The van der Waals surface area contributed by atoms with Gasteiger partial charge in [-0.2, -0.15) is 5.26 Å². The summed E-state index contributed by atoms with van der Waals surface area (Å²) in [6.45, 7) is 4.12. The van der Waals surface area contributed by atoms with Crippen molar-refractivity contribution in [3.8, 4) is 11.8 Å². The molecule has 2 aromatic rings. The third kappa shape index (κ3) is 5.44. The molecule has 0 saturated heterocycles. The zero-order chi connectivity index (χ0) is 20.5. The lowest BCUT2D eigenvalue weighted by Crippen LogP contribution is -2.17. The van der Waals surface area contributed by atoms with Crippen LogP contribution in [-0.2, 0) is 29.0 Å². The number of aliphatic carboxylic acids is 2. The van der Waals surface area contributed by atoms with Gasteiger partial charge in [0.25, 0.3) is 0 Å². The van der Waals surface area contributed by atoms with E-state index in [1.54, 1.807) is 11.3 Å². The molecule has 0 amide bonds. The molecule has 0 saturated carbocycles. The van der Waals surface area contributed by atoms with Crippen molar-refractivity contribution >= 4 is 23.3 Å². The fraction of sp³-hybridized carbons (Fsp3) is 0.450. The van der Waals surface area contributed by atoms with E-state index in [1.165, 1.54) is 41.8 Å². The fourth-order valence-corrected chi connectivity index (χ4v) is 4.36. The van der Waals surface area contributed by atoms with Gasteiger partial charge in [-0.25, -0.2) is 9.59 Å². The first-order chi connectivity index (χ1) is 13.5. The van der Waals surface area contributed by atoms with Gasteiger partial charge < -0.3 is 20.1 Å². The third-order valence-electron chi connectivity index (χ3n) is 4.52. The van der Waals surface area contributed by atoms with Crippen LogP contribution >= 0.6 is 11.3 Å². The Bertz CT molecular complexity index is 851. The second-order valence-electron chi connectivity index (χ2n) is 6.51. The molecule has 2 aromatic heterocycles. The maximum atomic E-state index is 9.53. The average molecular weight is 404 g/mol. The molecule has 0 aromatic carbocycles. The van der Waals surface area contributed by atoms with E-state index in [9.17, 15) is 5.26 Å². The SMILES string of the molecule is CCCCNCc1cccn1-c1c(C#N)sc2c1CCCC2.O=C(O)C(=O)O. The predicted octanol–water partition coefficient (Wildman–Crippen LogP) is 3.33. The van der Waals surface area contributed by atoms with E-state index in [1.807, 2.05) is 0 Å². The molecule has 0 unspecified atom stereocenters. The largest absolute Gasteiger partial charge is 0.473 e. The van der Waals surface area contributed by atoms with Crippen LogP contribution in [0.2, 0.25) is 0 Å². The zero-order valence-corrected chi connectivity index (χ0v) is 16.7. The van der Waals surface area contributed by atoms with Crippen LogP contribution in [0.4, 0.5) is 0 Å². The van der Waals surface area contributed by atoms with E-state index in [0.29, 0.717) is 0 Å². The summed E-state index contributed by atoms with van der Waals surface area (Å²) in [6, 6.07) is 6.67. The highest BCUT2D eigenvalue weighted by atomic mass is 32.1. The summed E-state index contributed by atoms with van der Waals surface area (Å²) in [6.07, 6.45) is 9.28. The number of nitrogens with one attached hydrogen (secondary N) is 1. The van der Waals surface area contributed by atoms with Gasteiger partial charge in [0.05, 0.1) is 5.69 Å². The molecule has 8 heteroatoms. The lowest BCUT2D eigenvalue weighted by atomic mass is 9.97. The molecule has 150 valence electrons. The first-order valence-electron chi connectivity index (χ1n) is 9.37. The minimum Gasteiger partial charge on any atom is -0.473 e. The topological polar surface area (TPSA) is 115 Å². The molecule has 2 heterocycles. The molecule has 0 fully saturated rings. The Labute approximate surface area is 168 Å². The van der Waals surface area contributed by atoms with Crippen molar-refractivity contribution in [3.05, 3.63) is 39.3 Å². The predicted molar refractivity (Wildman–Crippen MR) is 107 cm³/mol. The Hall–Kier alpha value is -2.63. The van der Waals surface area contributed by atoms with Crippen LogP contribution in [0.25, 0.3) is 5.69 Å². The standard InChI is InChI=1S/C18H23N3S.C2H2O4/c1-2-3-10-20-13-14-7-6-11-21(14)18-15-8-4-5-9-16(15)22-17(18)12-19;3-1(4)2(5)6/h6-7,11,20H,2-5,8-10,13H2,1H3;(H,3,4)(H,5,6). The van der Waals surface area contributed by atoms with Crippen molar-refractivity contribution < 1.29 is 19.8 Å². The van der Waals surface area contributed by atoms with Gasteiger partial charge in [-0.3, -0.25) is 0 Å². The van der Waals surface area contributed by atoms with Gasteiger partial charge in [-0.05, 0) is 56.3 Å². The summed E-state index contributed by atoms with van der Waals surface area (Å²) in [5.74, 6) is -3.65. The van der Waals surface area contributed by atoms with Gasteiger partial charge in [0, 0.05) is 23.3 Å².